The predicted molar refractivity (Wildman–Crippen MR) is 84.4 cm³/mol. The average Bonchev–Trinajstić information content (AvgIpc) is 2.49. The monoisotopic (exact) mass is 298 g/mol. The Bertz CT molecular complexity index is 756. The third kappa shape index (κ3) is 2.39. The van der Waals surface area contributed by atoms with E-state index < -0.39 is 5.97 Å². The molecule has 0 saturated carbocycles. The van der Waals surface area contributed by atoms with Crippen LogP contribution in [0.15, 0.2) is 24.4 Å². The lowest BCUT2D eigenvalue weighted by Gasteiger charge is -2.24. The normalized spacial score (nSPS) is 16.7. The van der Waals surface area contributed by atoms with Gasteiger partial charge < -0.3 is 15.5 Å². The van der Waals surface area contributed by atoms with Crippen LogP contribution in [0.4, 0.5) is 5.69 Å². The van der Waals surface area contributed by atoms with Gasteiger partial charge in [-0.05, 0) is 49.9 Å². The molecule has 0 saturated heterocycles. The van der Waals surface area contributed by atoms with E-state index in [2.05, 4.69) is 23.3 Å². The number of pyridine rings is 1. The zero-order valence-corrected chi connectivity index (χ0v) is 12.6. The van der Waals surface area contributed by atoms with Crippen LogP contribution in [0.1, 0.15) is 35.0 Å². The molecule has 3 rings (SSSR count). The van der Waals surface area contributed by atoms with E-state index in [0.717, 1.165) is 29.7 Å². The molecule has 1 aliphatic heterocycles. The number of benzene rings is 1. The van der Waals surface area contributed by atoms with Gasteiger partial charge in [0.1, 0.15) is 0 Å². The maximum Gasteiger partial charge on any atom is 0.358 e. The Hall–Kier alpha value is -2.56. The van der Waals surface area contributed by atoms with Crippen LogP contribution in [0.3, 0.4) is 0 Å². The van der Waals surface area contributed by atoms with Crippen molar-refractivity contribution in [2.75, 3.05) is 5.32 Å². The Balaban J connectivity index is 2.05. The van der Waals surface area contributed by atoms with Crippen LogP contribution in [0.2, 0.25) is 0 Å². The smallest absolute Gasteiger partial charge is 0.358 e. The second-order valence-electron chi connectivity index (χ2n) is 5.76. The van der Waals surface area contributed by atoms with Gasteiger partial charge in [0.25, 0.3) is 0 Å². The summed E-state index contributed by atoms with van der Waals surface area (Å²) in [4.78, 5) is 14.9. The minimum atomic E-state index is -1.23. The number of hydrogen-bond acceptors (Lipinski definition) is 4. The molecule has 22 heavy (non-hydrogen) atoms. The van der Waals surface area contributed by atoms with Gasteiger partial charge in [0, 0.05) is 29.1 Å². The highest BCUT2D eigenvalue weighted by Crippen LogP contribution is 2.34. The number of anilines is 1. The molecule has 5 nitrogen and oxygen atoms in total. The number of nitrogens with one attached hydrogen (secondary N) is 1. The number of aromatic hydroxyl groups is 1. The van der Waals surface area contributed by atoms with Crippen molar-refractivity contribution in [3.8, 4) is 16.9 Å². The first-order valence-electron chi connectivity index (χ1n) is 7.29. The fraction of sp³-hybridized carbons (Fsp3) is 0.294. The summed E-state index contributed by atoms with van der Waals surface area (Å²) < 4.78 is 0. The van der Waals surface area contributed by atoms with Gasteiger partial charge in [0.05, 0.1) is 0 Å². The predicted octanol–water partition coefficient (Wildman–Crippen LogP) is 3.21. The second kappa shape index (κ2) is 5.33. The summed E-state index contributed by atoms with van der Waals surface area (Å²) in [5.74, 6) is -1.50. The number of aromatic carboxylic acids is 1. The Morgan fingerprint density at radius 3 is 2.91 bits per heavy atom. The number of fused-ring (bicyclic) bond motifs is 1. The highest BCUT2D eigenvalue weighted by atomic mass is 16.4. The van der Waals surface area contributed by atoms with Gasteiger partial charge in [-0.2, -0.15) is 0 Å². The molecule has 5 heteroatoms. The fourth-order valence-corrected chi connectivity index (χ4v) is 2.86. The van der Waals surface area contributed by atoms with Crippen molar-refractivity contribution in [2.45, 2.75) is 32.7 Å². The van der Waals surface area contributed by atoms with E-state index in [4.69, 9.17) is 5.11 Å². The number of aromatic nitrogens is 1. The number of nitrogens with zero attached hydrogens (tertiary/aromatic N) is 1. The molecular formula is C17H18N2O3. The minimum Gasteiger partial charge on any atom is -0.505 e. The van der Waals surface area contributed by atoms with Crippen LogP contribution in [-0.4, -0.2) is 27.2 Å². The van der Waals surface area contributed by atoms with E-state index in [1.807, 2.05) is 12.1 Å². The van der Waals surface area contributed by atoms with Crippen molar-refractivity contribution in [3.05, 3.63) is 41.2 Å². The highest BCUT2D eigenvalue weighted by molar-refractivity contribution is 5.90. The molecule has 3 N–H and O–H groups in total. The third-order valence-corrected chi connectivity index (χ3v) is 4.17. The lowest BCUT2D eigenvalue weighted by molar-refractivity contribution is 0.0687. The summed E-state index contributed by atoms with van der Waals surface area (Å²) in [6, 6.07) is 6.55. The summed E-state index contributed by atoms with van der Waals surface area (Å²) in [6.45, 7) is 3.87. The Morgan fingerprint density at radius 2 is 2.18 bits per heavy atom. The van der Waals surface area contributed by atoms with E-state index >= 15 is 0 Å². The summed E-state index contributed by atoms with van der Waals surface area (Å²) in [7, 11) is 0. The molecule has 1 aromatic heterocycles. The molecular weight excluding hydrogens is 280 g/mol. The van der Waals surface area contributed by atoms with Crippen LogP contribution in [0, 0.1) is 6.92 Å². The van der Waals surface area contributed by atoms with Crippen molar-refractivity contribution in [3.63, 3.8) is 0 Å². The second-order valence-corrected chi connectivity index (χ2v) is 5.76. The van der Waals surface area contributed by atoms with Crippen LogP contribution in [-0.2, 0) is 6.42 Å². The number of rotatable bonds is 2. The molecule has 0 bridgehead atoms. The SMILES string of the molecule is Cc1c(-c2ccc3c(c2)CCC(C)N3)cnc(C(=O)O)c1O. The molecule has 0 aliphatic carbocycles. The topological polar surface area (TPSA) is 82.5 Å². The summed E-state index contributed by atoms with van der Waals surface area (Å²) in [5.41, 5.74) is 4.28. The Morgan fingerprint density at radius 1 is 1.41 bits per heavy atom. The van der Waals surface area contributed by atoms with Gasteiger partial charge >= 0.3 is 5.97 Å². The van der Waals surface area contributed by atoms with Gasteiger partial charge in [-0.25, -0.2) is 9.78 Å². The van der Waals surface area contributed by atoms with Crippen molar-refractivity contribution in [2.24, 2.45) is 0 Å². The molecule has 2 aromatic rings. The number of carboxylic acid groups (broad SMARTS) is 1. The molecule has 1 aliphatic rings. The van der Waals surface area contributed by atoms with Crippen molar-refractivity contribution in [1.82, 2.24) is 4.98 Å². The largest absolute Gasteiger partial charge is 0.505 e. The molecule has 2 heterocycles. The van der Waals surface area contributed by atoms with Crippen LogP contribution < -0.4 is 5.32 Å². The minimum absolute atomic E-state index is 0.269. The standard InChI is InChI=1S/C17H18N2O3/c1-9-3-4-12-7-11(5-6-14(12)19-9)13-8-18-15(17(21)22)16(20)10(13)2/h5-9,19-20H,3-4H2,1-2H3,(H,21,22). The van der Waals surface area contributed by atoms with Gasteiger partial charge in [-0.3, -0.25) is 0 Å². The van der Waals surface area contributed by atoms with Gasteiger partial charge in [-0.1, -0.05) is 6.07 Å². The van der Waals surface area contributed by atoms with E-state index in [0.29, 0.717) is 11.6 Å². The maximum atomic E-state index is 11.0. The zero-order valence-electron chi connectivity index (χ0n) is 12.6. The Kier molecular flexibility index (Phi) is 3.48. The molecule has 1 unspecified atom stereocenters. The highest BCUT2D eigenvalue weighted by Gasteiger charge is 2.19. The van der Waals surface area contributed by atoms with E-state index in [9.17, 15) is 9.90 Å². The summed E-state index contributed by atoms with van der Waals surface area (Å²) in [5, 5.41) is 22.5. The average molecular weight is 298 g/mol. The van der Waals surface area contributed by atoms with E-state index in [1.54, 1.807) is 6.92 Å². The molecule has 114 valence electrons. The van der Waals surface area contributed by atoms with Gasteiger partial charge in [-0.15, -0.1) is 0 Å². The summed E-state index contributed by atoms with van der Waals surface area (Å²) in [6.07, 6.45) is 3.60. The maximum absolute atomic E-state index is 11.0. The first-order valence-corrected chi connectivity index (χ1v) is 7.29. The molecule has 1 atom stereocenters. The van der Waals surface area contributed by atoms with Crippen LogP contribution in [0.25, 0.3) is 11.1 Å². The number of carboxylic acids is 1. The lowest BCUT2D eigenvalue weighted by atomic mass is 9.93. The third-order valence-electron chi connectivity index (χ3n) is 4.17. The fourth-order valence-electron chi connectivity index (χ4n) is 2.86. The molecule has 0 spiro atoms. The van der Waals surface area contributed by atoms with E-state index in [-0.39, 0.29) is 11.4 Å². The van der Waals surface area contributed by atoms with Crippen LogP contribution in [0.5, 0.6) is 5.75 Å². The quantitative estimate of drug-likeness (QED) is 0.793. The lowest BCUT2D eigenvalue weighted by Crippen LogP contribution is -2.21. The Labute approximate surface area is 128 Å². The van der Waals surface area contributed by atoms with Crippen molar-refractivity contribution < 1.29 is 15.0 Å². The molecule has 1 aromatic carbocycles. The number of carbonyl (C=O) groups is 1. The van der Waals surface area contributed by atoms with E-state index in [1.165, 1.54) is 11.8 Å². The molecule has 0 fully saturated rings. The van der Waals surface area contributed by atoms with Gasteiger partial charge in [0.2, 0.25) is 0 Å². The van der Waals surface area contributed by atoms with Crippen molar-refractivity contribution in [1.29, 1.82) is 0 Å². The first-order chi connectivity index (χ1) is 10.5. The number of hydrogen-bond donors (Lipinski definition) is 3. The van der Waals surface area contributed by atoms with Gasteiger partial charge in [0.15, 0.2) is 11.4 Å². The molecule has 0 radical (unpaired) electrons. The summed E-state index contributed by atoms with van der Waals surface area (Å²) >= 11 is 0. The molecule has 0 amide bonds. The van der Waals surface area contributed by atoms with Crippen molar-refractivity contribution >= 4 is 11.7 Å². The van der Waals surface area contributed by atoms with Crippen LogP contribution >= 0.6 is 0 Å². The first kappa shape index (κ1) is 14.4. The number of aryl methyl sites for hydroxylation is 1. The zero-order chi connectivity index (χ0) is 15.9.